The van der Waals surface area contributed by atoms with Crippen LogP contribution in [0.3, 0.4) is 0 Å². The first-order chi connectivity index (χ1) is 6.29. The number of thiophene rings is 1. The second-order valence-corrected chi connectivity index (χ2v) is 4.01. The third-order valence-corrected chi connectivity index (χ3v) is 3.14. The van der Waals surface area contributed by atoms with E-state index in [1.807, 2.05) is 29.6 Å². The molecule has 0 amide bonds. The van der Waals surface area contributed by atoms with Crippen LogP contribution < -0.4 is 0 Å². The van der Waals surface area contributed by atoms with Crippen molar-refractivity contribution in [1.82, 2.24) is 0 Å². The molecule has 0 saturated heterocycles. The Balaban J connectivity index is 2.59. The molecular weight excluding hydrogens is 223 g/mol. The Morgan fingerprint density at radius 2 is 1.85 bits per heavy atom. The van der Waals surface area contributed by atoms with Gasteiger partial charge in [0.05, 0.1) is 10.4 Å². The normalized spacial score (nSPS) is 10.3. The van der Waals surface area contributed by atoms with Gasteiger partial charge in [-0.1, -0.05) is 41.4 Å². The Bertz CT molecular complexity index is 420. The molecule has 2 rings (SSSR count). The fourth-order valence-corrected chi connectivity index (χ4v) is 2.34. The van der Waals surface area contributed by atoms with Crippen molar-refractivity contribution >= 4 is 34.5 Å². The van der Waals surface area contributed by atoms with E-state index in [4.69, 9.17) is 23.2 Å². The summed E-state index contributed by atoms with van der Waals surface area (Å²) in [5.41, 5.74) is 1.92. The molecule has 0 N–H and O–H groups in total. The molecule has 13 heavy (non-hydrogen) atoms. The van der Waals surface area contributed by atoms with Crippen molar-refractivity contribution in [3.05, 3.63) is 45.1 Å². The van der Waals surface area contributed by atoms with E-state index in [0.717, 1.165) is 16.1 Å². The zero-order valence-electron chi connectivity index (χ0n) is 6.55. The Morgan fingerprint density at radius 3 is 2.46 bits per heavy atom. The third-order valence-electron chi connectivity index (χ3n) is 1.73. The van der Waals surface area contributed by atoms with E-state index in [2.05, 4.69) is 5.38 Å². The smallest absolute Gasteiger partial charge is 0.0680 e. The van der Waals surface area contributed by atoms with Crippen LogP contribution in [0.1, 0.15) is 0 Å². The highest BCUT2D eigenvalue weighted by molar-refractivity contribution is 7.08. The van der Waals surface area contributed by atoms with Gasteiger partial charge in [0.2, 0.25) is 0 Å². The lowest BCUT2D eigenvalue weighted by atomic mass is 10.1. The number of hydrogen-bond donors (Lipinski definition) is 0. The average Bonchev–Trinajstić information content (AvgIpc) is 2.52. The Kier molecular flexibility index (Phi) is 2.58. The zero-order valence-corrected chi connectivity index (χ0v) is 8.88. The molecule has 0 atom stereocenters. The summed E-state index contributed by atoms with van der Waals surface area (Å²) >= 11 is 13.4. The van der Waals surface area contributed by atoms with Crippen molar-refractivity contribution in [2.24, 2.45) is 0 Å². The Labute approximate surface area is 90.7 Å². The third kappa shape index (κ3) is 1.73. The predicted octanol–water partition coefficient (Wildman–Crippen LogP) is 4.52. The molecule has 0 fully saturated rings. The molecular formula is C10H5Cl2S. The molecule has 0 unspecified atom stereocenters. The molecule has 0 nitrogen and oxygen atoms in total. The fraction of sp³-hybridized carbons (Fsp3) is 0. The van der Waals surface area contributed by atoms with Gasteiger partial charge in [-0.15, -0.1) is 11.3 Å². The fourth-order valence-electron chi connectivity index (χ4n) is 1.11. The highest BCUT2D eigenvalue weighted by Crippen LogP contribution is 2.34. The lowest BCUT2D eigenvalue weighted by Crippen LogP contribution is -1.75. The van der Waals surface area contributed by atoms with Crippen molar-refractivity contribution in [3.8, 4) is 11.1 Å². The molecule has 1 radical (unpaired) electrons. The van der Waals surface area contributed by atoms with Crippen molar-refractivity contribution in [3.63, 3.8) is 0 Å². The summed E-state index contributed by atoms with van der Waals surface area (Å²) in [6, 6.07) is 7.64. The van der Waals surface area contributed by atoms with Gasteiger partial charge < -0.3 is 0 Å². The molecule has 0 bridgehead atoms. The van der Waals surface area contributed by atoms with Gasteiger partial charge in [-0.3, -0.25) is 0 Å². The first-order valence-electron chi connectivity index (χ1n) is 3.68. The minimum atomic E-state index is 0.637. The largest absolute Gasteiger partial charge is 0.141 e. The second-order valence-electron chi connectivity index (χ2n) is 2.55. The number of benzene rings is 1. The summed E-state index contributed by atoms with van der Waals surface area (Å²) in [6.45, 7) is 0. The molecule has 0 aliphatic heterocycles. The lowest BCUT2D eigenvalue weighted by Gasteiger charge is -2.00. The molecule has 1 heterocycles. The molecule has 0 aliphatic rings. The monoisotopic (exact) mass is 227 g/mol. The van der Waals surface area contributed by atoms with E-state index in [1.165, 1.54) is 11.3 Å². The maximum Gasteiger partial charge on any atom is 0.0680 e. The van der Waals surface area contributed by atoms with Crippen LogP contribution in [0.25, 0.3) is 11.1 Å². The molecule has 0 spiro atoms. The van der Waals surface area contributed by atoms with E-state index in [-0.39, 0.29) is 0 Å². The summed E-state index contributed by atoms with van der Waals surface area (Å²) in [7, 11) is 0. The summed E-state index contributed by atoms with van der Waals surface area (Å²) in [5, 5.41) is 6.25. The van der Waals surface area contributed by atoms with Crippen LogP contribution >= 0.6 is 34.5 Å². The molecule has 65 valence electrons. The predicted molar refractivity (Wildman–Crippen MR) is 58.6 cm³/mol. The highest BCUT2D eigenvalue weighted by atomic mass is 35.5. The molecule has 0 aliphatic carbocycles. The topological polar surface area (TPSA) is 0 Å². The first-order valence-corrected chi connectivity index (χ1v) is 5.32. The van der Waals surface area contributed by atoms with Gasteiger partial charge in [-0.25, -0.2) is 0 Å². The van der Waals surface area contributed by atoms with E-state index in [9.17, 15) is 0 Å². The minimum Gasteiger partial charge on any atom is -0.141 e. The van der Waals surface area contributed by atoms with Gasteiger partial charge in [0.15, 0.2) is 0 Å². The van der Waals surface area contributed by atoms with Gasteiger partial charge in [0.1, 0.15) is 0 Å². The van der Waals surface area contributed by atoms with Crippen LogP contribution in [0.2, 0.25) is 10.0 Å². The molecule has 3 heteroatoms. The first kappa shape index (κ1) is 9.07. The van der Waals surface area contributed by atoms with Crippen LogP contribution in [0.4, 0.5) is 0 Å². The van der Waals surface area contributed by atoms with Crippen molar-refractivity contribution in [2.45, 2.75) is 0 Å². The number of rotatable bonds is 1. The summed E-state index contributed by atoms with van der Waals surface area (Å²) in [4.78, 5) is 0. The number of halogens is 2. The molecule has 1 aromatic carbocycles. The molecule has 0 saturated carbocycles. The maximum absolute atomic E-state index is 6.02. The van der Waals surface area contributed by atoms with Gasteiger partial charge in [-0.2, -0.15) is 0 Å². The average molecular weight is 228 g/mol. The maximum atomic E-state index is 6.02. The molecule has 1 aromatic heterocycles. The quantitative estimate of drug-likeness (QED) is 0.673. The van der Waals surface area contributed by atoms with Crippen molar-refractivity contribution in [1.29, 1.82) is 0 Å². The standard InChI is InChI=1S/C10H5Cl2S/c11-9-4-2-1-3-7(9)8-5-13-6-10(8)12/h1-5H. The van der Waals surface area contributed by atoms with E-state index >= 15 is 0 Å². The van der Waals surface area contributed by atoms with E-state index in [1.54, 1.807) is 0 Å². The van der Waals surface area contributed by atoms with E-state index in [0.29, 0.717) is 5.02 Å². The molecule has 2 aromatic rings. The zero-order chi connectivity index (χ0) is 9.26. The lowest BCUT2D eigenvalue weighted by molar-refractivity contribution is 1.67. The number of hydrogen-bond acceptors (Lipinski definition) is 1. The van der Waals surface area contributed by atoms with Gasteiger partial charge in [0, 0.05) is 21.5 Å². The van der Waals surface area contributed by atoms with E-state index < -0.39 is 0 Å². The van der Waals surface area contributed by atoms with Crippen LogP contribution in [0, 0.1) is 5.38 Å². The SMILES string of the molecule is Clc1[c]scc1-c1ccccc1Cl. The Morgan fingerprint density at radius 1 is 1.08 bits per heavy atom. The van der Waals surface area contributed by atoms with Crippen molar-refractivity contribution in [2.75, 3.05) is 0 Å². The van der Waals surface area contributed by atoms with Crippen LogP contribution in [0.5, 0.6) is 0 Å². The van der Waals surface area contributed by atoms with Crippen LogP contribution in [-0.4, -0.2) is 0 Å². The van der Waals surface area contributed by atoms with Gasteiger partial charge in [-0.05, 0) is 6.07 Å². The van der Waals surface area contributed by atoms with Crippen LogP contribution in [0.15, 0.2) is 29.6 Å². The summed E-state index contributed by atoms with van der Waals surface area (Å²) < 4.78 is 0. The van der Waals surface area contributed by atoms with Gasteiger partial charge >= 0.3 is 0 Å². The van der Waals surface area contributed by atoms with Crippen molar-refractivity contribution < 1.29 is 0 Å². The van der Waals surface area contributed by atoms with Crippen LogP contribution in [-0.2, 0) is 0 Å². The second kappa shape index (κ2) is 3.70. The minimum absolute atomic E-state index is 0.637. The Hall–Kier alpha value is -0.500. The summed E-state index contributed by atoms with van der Waals surface area (Å²) in [6.07, 6.45) is 0. The van der Waals surface area contributed by atoms with Gasteiger partial charge in [0.25, 0.3) is 0 Å². The highest BCUT2D eigenvalue weighted by Gasteiger charge is 2.07. The summed E-state index contributed by atoms with van der Waals surface area (Å²) in [5.74, 6) is 0.